The Labute approximate surface area is 154 Å². The van der Waals surface area contributed by atoms with E-state index in [1.165, 1.54) is 17.8 Å². The molecule has 136 valence electrons. The number of rotatable bonds is 7. The number of anilines is 1. The van der Waals surface area contributed by atoms with E-state index in [0.29, 0.717) is 17.5 Å². The standard InChI is InChI=1S/C17H19N5O3S/c1-10-3-2-4-13(22(24)25)15(10)18-14(23)9-26-17-20-19-16(11-5-6-11)21(17)12-7-8-12/h2-4,11-12H,5-9H2,1H3,(H,18,23). The third kappa shape index (κ3) is 3.44. The number of thioether (sulfide) groups is 1. The van der Waals surface area contributed by atoms with Gasteiger partial charge in [-0.2, -0.15) is 0 Å². The second-order valence-corrected chi connectivity index (χ2v) is 7.72. The summed E-state index contributed by atoms with van der Waals surface area (Å²) in [4.78, 5) is 23.0. The number of benzene rings is 1. The maximum Gasteiger partial charge on any atom is 0.293 e. The first kappa shape index (κ1) is 17.0. The molecule has 1 amide bonds. The van der Waals surface area contributed by atoms with E-state index in [0.717, 1.165) is 36.7 Å². The number of nitrogens with zero attached hydrogens (tertiary/aromatic N) is 4. The van der Waals surface area contributed by atoms with Crippen molar-refractivity contribution in [3.05, 3.63) is 39.7 Å². The van der Waals surface area contributed by atoms with Crippen molar-refractivity contribution in [2.24, 2.45) is 0 Å². The molecule has 1 heterocycles. The Balaban J connectivity index is 1.45. The minimum Gasteiger partial charge on any atom is -0.319 e. The summed E-state index contributed by atoms with van der Waals surface area (Å²) in [6, 6.07) is 5.20. The van der Waals surface area contributed by atoms with Crippen molar-refractivity contribution in [3.63, 3.8) is 0 Å². The predicted molar refractivity (Wildman–Crippen MR) is 97.5 cm³/mol. The number of amides is 1. The van der Waals surface area contributed by atoms with Gasteiger partial charge in [0, 0.05) is 18.0 Å². The van der Waals surface area contributed by atoms with Crippen LogP contribution in [0.3, 0.4) is 0 Å². The van der Waals surface area contributed by atoms with Crippen molar-refractivity contribution < 1.29 is 9.72 Å². The number of aromatic nitrogens is 3. The van der Waals surface area contributed by atoms with E-state index in [1.807, 2.05) is 0 Å². The lowest BCUT2D eigenvalue weighted by Gasteiger charge is -2.10. The van der Waals surface area contributed by atoms with Crippen LogP contribution in [0.25, 0.3) is 0 Å². The highest BCUT2D eigenvalue weighted by Crippen LogP contribution is 2.46. The summed E-state index contributed by atoms with van der Waals surface area (Å²) in [6.07, 6.45) is 4.58. The highest BCUT2D eigenvalue weighted by molar-refractivity contribution is 7.99. The van der Waals surface area contributed by atoms with Crippen molar-refractivity contribution in [1.29, 1.82) is 0 Å². The first-order valence-electron chi connectivity index (χ1n) is 8.66. The number of carbonyl (C=O) groups excluding carboxylic acids is 1. The number of nitrogens with one attached hydrogen (secondary N) is 1. The van der Waals surface area contributed by atoms with E-state index in [2.05, 4.69) is 20.1 Å². The Morgan fingerprint density at radius 2 is 2.12 bits per heavy atom. The van der Waals surface area contributed by atoms with Gasteiger partial charge in [0.2, 0.25) is 5.91 Å². The molecule has 1 aromatic carbocycles. The van der Waals surface area contributed by atoms with Gasteiger partial charge in [0.05, 0.1) is 10.7 Å². The van der Waals surface area contributed by atoms with E-state index >= 15 is 0 Å². The molecular weight excluding hydrogens is 354 g/mol. The lowest BCUT2D eigenvalue weighted by atomic mass is 10.1. The van der Waals surface area contributed by atoms with Crippen LogP contribution in [0.1, 0.15) is 49.0 Å². The zero-order chi connectivity index (χ0) is 18.3. The Kier molecular flexibility index (Phi) is 4.39. The van der Waals surface area contributed by atoms with Crippen molar-refractivity contribution in [2.75, 3.05) is 11.1 Å². The van der Waals surface area contributed by atoms with Gasteiger partial charge in [-0.25, -0.2) is 0 Å². The lowest BCUT2D eigenvalue weighted by molar-refractivity contribution is -0.384. The highest BCUT2D eigenvalue weighted by Gasteiger charge is 2.36. The van der Waals surface area contributed by atoms with Crippen molar-refractivity contribution in [2.45, 2.75) is 49.7 Å². The third-order valence-corrected chi connectivity index (χ3v) is 5.53. The molecule has 26 heavy (non-hydrogen) atoms. The average molecular weight is 373 g/mol. The maximum absolute atomic E-state index is 12.4. The molecule has 4 rings (SSSR count). The van der Waals surface area contributed by atoms with Crippen LogP contribution in [0.5, 0.6) is 0 Å². The molecule has 2 saturated carbocycles. The molecule has 1 aromatic heterocycles. The Morgan fingerprint density at radius 3 is 2.77 bits per heavy atom. The summed E-state index contributed by atoms with van der Waals surface area (Å²) in [5.41, 5.74) is 0.820. The molecule has 0 aliphatic heterocycles. The van der Waals surface area contributed by atoms with Crippen LogP contribution in [0.15, 0.2) is 23.4 Å². The fourth-order valence-electron chi connectivity index (χ4n) is 2.96. The van der Waals surface area contributed by atoms with Gasteiger partial charge < -0.3 is 9.88 Å². The molecule has 2 aromatic rings. The summed E-state index contributed by atoms with van der Waals surface area (Å²) in [5.74, 6) is 1.41. The van der Waals surface area contributed by atoms with Crippen LogP contribution in [0.2, 0.25) is 0 Å². The second kappa shape index (κ2) is 6.71. The zero-order valence-electron chi connectivity index (χ0n) is 14.3. The molecule has 0 saturated heterocycles. The number of carbonyl (C=O) groups is 1. The monoisotopic (exact) mass is 373 g/mol. The van der Waals surface area contributed by atoms with E-state index in [1.54, 1.807) is 19.1 Å². The van der Waals surface area contributed by atoms with Gasteiger partial charge in [0.25, 0.3) is 5.69 Å². The van der Waals surface area contributed by atoms with Gasteiger partial charge in [0.15, 0.2) is 5.16 Å². The lowest BCUT2D eigenvalue weighted by Crippen LogP contribution is -2.16. The molecule has 9 heteroatoms. The molecule has 2 fully saturated rings. The number of hydrogen-bond donors (Lipinski definition) is 1. The maximum atomic E-state index is 12.4. The number of nitro benzene ring substituents is 1. The van der Waals surface area contributed by atoms with Crippen molar-refractivity contribution in [3.8, 4) is 0 Å². The molecule has 8 nitrogen and oxygen atoms in total. The first-order valence-corrected chi connectivity index (χ1v) is 9.64. The SMILES string of the molecule is Cc1cccc([N+](=O)[O-])c1NC(=O)CSc1nnc(C2CC2)n1C1CC1. The van der Waals surface area contributed by atoms with Gasteiger partial charge in [-0.05, 0) is 38.2 Å². The van der Waals surface area contributed by atoms with E-state index in [4.69, 9.17) is 0 Å². The minimum atomic E-state index is -0.485. The fourth-order valence-corrected chi connectivity index (χ4v) is 3.77. The number of nitro groups is 1. The van der Waals surface area contributed by atoms with E-state index < -0.39 is 4.92 Å². The van der Waals surface area contributed by atoms with Gasteiger partial charge in [-0.15, -0.1) is 10.2 Å². The van der Waals surface area contributed by atoms with Crippen molar-refractivity contribution in [1.82, 2.24) is 14.8 Å². The van der Waals surface area contributed by atoms with E-state index in [-0.39, 0.29) is 23.0 Å². The first-order chi connectivity index (χ1) is 12.5. The quantitative estimate of drug-likeness (QED) is 0.453. The molecule has 2 aliphatic carbocycles. The number of para-hydroxylation sites is 1. The van der Waals surface area contributed by atoms with Crippen LogP contribution in [0.4, 0.5) is 11.4 Å². The van der Waals surface area contributed by atoms with Crippen LogP contribution in [0, 0.1) is 17.0 Å². The smallest absolute Gasteiger partial charge is 0.293 e. The molecule has 2 aliphatic rings. The molecule has 0 spiro atoms. The van der Waals surface area contributed by atoms with Crippen molar-refractivity contribution >= 4 is 29.0 Å². The van der Waals surface area contributed by atoms with Gasteiger partial charge in [-0.3, -0.25) is 14.9 Å². The number of hydrogen-bond acceptors (Lipinski definition) is 6. The molecule has 0 unspecified atom stereocenters. The van der Waals surface area contributed by atoms with Crippen LogP contribution in [-0.2, 0) is 4.79 Å². The molecule has 0 atom stereocenters. The Bertz CT molecular complexity index is 873. The van der Waals surface area contributed by atoms with Crippen LogP contribution in [-0.4, -0.2) is 31.3 Å². The summed E-state index contributed by atoms with van der Waals surface area (Å²) in [7, 11) is 0. The van der Waals surface area contributed by atoms with Crippen LogP contribution < -0.4 is 5.32 Å². The molecule has 0 radical (unpaired) electrons. The molecular formula is C17H19N5O3S. The van der Waals surface area contributed by atoms with Gasteiger partial charge in [-0.1, -0.05) is 23.9 Å². The second-order valence-electron chi connectivity index (χ2n) is 6.78. The molecule has 1 N–H and O–H groups in total. The summed E-state index contributed by atoms with van der Waals surface area (Å²) < 4.78 is 2.19. The van der Waals surface area contributed by atoms with E-state index in [9.17, 15) is 14.9 Å². The molecule has 0 bridgehead atoms. The average Bonchev–Trinajstić information content (AvgIpc) is 3.53. The summed E-state index contributed by atoms with van der Waals surface area (Å²) in [5, 5.41) is 23.2. The minimum absolute atomic E-state index is 0.0967. The number of aryl methyl sites for hydroxylation is 1. The fraction of sp³-hybridized carbons (Fsp3) is 0.471. The summed E-state index contributed by atoms with van der Waals surface area (Å²) in [6.45, 7) is 1.74. The largest absolute Gasteiger partial charge is 0.319 e. The third-order valence-electron chi connectivity index (χ3n) is 4.59. The van der Waals surface area contributed by atoms with Gasteiger partial charge in [0.1, 0.15) is 11.5 Å². The Hall–Kier alpha value is -2.42. The van der Waals surface area contributed by atoms with Gasteiger partial charge >= 0.3 is 0 Å². The van der Waals surface area contributed by atoms with Crippen LogP contribution >= 0.6 is 11.8 Å². The predicted octanol–water partition coefficient (Wildman–Crippen LogP) is 3.44. The topological polar surface area (TPSA) is 103 Å². The summed E-state index contributed by atoms with van der Waals surface area (Å²) >= 11 is 1.34. The zero-order valence-corrected chi connectivity index (χ0v) is 15.2. The highest BCUT2D eigenvalue weighted by atomic mass is 32.2. The Morgan fingerprint density at radius 1 is 1.35 bits per heavy atom. The normalized spacial score (nSPS) is 16.5.